The lowest BCUT2D eigenvalue weighted by Gasteiger charge is -2.04. The minimum absolute atomic E-state index is 0. The minimum atomic E-state index is -0.259. The summed E-state index contributed by atoms with van der Waals surface area (Å²) in [5, 5.41) is 7.66. The van der Waals surface area contributed by atoms with Gasteiger partial charge in [-0.3, -0.25) is 4.79 Å². The Labute approximate surface area is 88.4 Å². The first-order chi connectivity index (χ1) is 6.22. The van der Waals surface area contributed by atoms with Crippen molar-refractivity contribution in [3.63, 3.8) is 0 Å². The van der Waals surface area contributed by atoms with Crippen LogP contribution < -0.4 is 5.36 Å². The number of ether oxygens (including phenoxy) is 1. The predicted molar refractivity (Wildman–Crippen MR) is 54.2 cm³/mol. The van der Waals surface area contributed by atoms with E-state index in [1.807, 2.05) is 0 Å². The van der Waals surface area contributed by atoms with Gasteiger partial charge in [-0.15, -0.1) is 12.4 Å². The van der Waals surface area contributed by atoms with Crippen molar-refractivity contribution >= 4 is 18.4 Å². The number of nitrogens with zero attached hydrogens (tertiary/aromatic N) is 1. The van der Waals surface area contributed by atoms with Crippen LogP contribution in [0.4, 0.5) is 0 Å². The van der Waals surface area contributed by atoms with Crippen molar-refractivity contribution in [2.75, 3.05) is 6.61 Å². The van der Waals surface area contributed by atoms with Gasteiger partial charge in [0.25, 0.3) is 0 Å². The molecule has 0 unspecified atom stereocenters. The normalized spacial score (nSPS) is 8.93. The first kappa shape index (κ1) is 12.7. The zero-order valence-corrected chi connectivity index (χ0v) is 8.71. The molecule has 1 aromatic heterocycles. The van der Waals surface area contributed by atoms with E-state index in [0.717, 1.165) is 0 Å². The Hall–Kier alpha value is -1.29. The molecule has 0 aliphatic heterocycles. The first-order valence-electron chi connectivity index (χ1n) is 4.08. The molecule has 1 rings (SSSR count). The van der Waals surface area contributed by atoms with Gasteiger partial charge in [0.15, 0.2) is 0 Å². The van der Waals surface area contributed by atoms with Crippen LogP contribution in [-0.4, -0.2) is 17.1 Å². The van der Waals surface area contributed by atoms with Gasteiger partial charge in [-0.25, -0.2) is 0 Å². The number of esters is 1. The van der Waals surface area contributed by atoms with Crippen LogP contribution in [0.25, 0.3) is 0 Å². The number of hydrogen-bond donors (Lipinski definition) is 1. The van der Waals surface area contributed by atoms with E-state index in [9.17, 15) is 4.79 Å². The summed E-state index contributed by atoms with van der Waals surface area (Å²) in [6, 6.07) is 3.25. The van der Waals surface area contributed by atoms with E-state index in [4.69, 9.17) is 10.1 Å². The molecular formula is C9H13ClN2O2. The number of aromatic nitrogens is 1. The van der Waals surface area contributed by atoms with Gasteiger partial charge in [-0.1, -0.05) is 0 Å². The molecular weight excluding hydrogens is 204 g/mol. The first-order valence-corrected chi connectivity index (χ1v) is 4.08. The maximum absolute atomic E-state index is 11.0. The Morgan fingerprint density at radius 3 is 2.57 bits per heavy atom. The Kier molecular flexibility index (Phi) is 5.64. The number of carbonyl (C=O) groups excluding carboxylic acids is 1. The van der Waals surface area contributed by atoms with Gasteiger partial charge in [0.05, 0.1) is 12.0 Å². The summed E-state index contributed by atoms with van der Waals surface area (Å²) >= 11 is 0. The van der Waals surface area contributed by atoms with Crippen LogP contribution in [0.15, 0.2) is 24.5 Å². The number of nitrogens with one attached hydrogen (secondary N) is 1. The summed E-state index contributed by atoms with van der Waals surface area (Å²) in [6.07, 6.45) is 3.36. The lowest BCUT2D eigenvalue weighted by molar-refractivity contribution is -0.143. The monoisotopic (exact) mass is 216 g/mol. The highest BCUT2D eigenvalue weighted by atomic mass is 35.5. The molecule has 0 spiro atoms. The molecule has 0 saturated carbocycles. The highest BCUT2D eigenvalue weighted by molar-refractivity contribution is 5.85. The lowest BCUT2D eigenvalue weighted by atomic mass is 10.4. The van der Waals surface area contributed by atoms with E-state index in [-0.39, 0.29) is 24.9 Å². The van der Waals surface area contributed by atoms with E-state index in [1.54, 1.807) is 36.0 Å². The van der Waals surface area contributed by atoms with Crippen LogP contribution >= 0.6 is 12.4 Å². The molecule has 4 nitrogen and oxygen atoms in total. The van der Waals surface area contributed by atoms with Crippen LogP contribution in [0.5, 0.6) is 0 Å². The molecule has 0 aromatic carbocycles. The van der Waals surface area contributed by atoms with Crippen LogP contribution in [-0.2, 0) is 16.1 Å². The Balaban J connectivity index is 0.00000169. The van der Waals surface area contributed by atoms with E-state index in [0.29, 0.717) is 12.0 Å². The van der Waals surface area contributed by atoms with Gasteiger partial charge in [0.1, 0.15) is 6.54 Å². The number of halogens is 1. The molecule has 0 aliphatic carbocycles. The number of rotatable bonds is 3. The van der Waals surface area contributed by atoms with Crippen molar-refractivity contribution in [1.82, 2.24) is 4.57 Å². The fraction of sp³-hybridized carbons (Fsp3) is 0.333. The third-order valence-electron chi connectivity index (χ3n) is 1.51. The van der Waals surface area contributed by atoms with E-state index >= 15 is 0 Å². The van der Waals surface area contributed by atoms with Gasteiger partial charge in [-0.2, -0.15) is 0 Å². The van der Waals surface area contributed by atoms with Crippen molar-refractivity contribution in [3.8, 4) is 0 Å². The highest BCUT2D eigenvalue weighted by Gasteiger charge is 1.99. The van der Waals surface area contributed by atoms with Crippen molar-refractivity contribution in [2.45, 2.75) is 13.5 Å². The molecule has 1 N–H and O–H groups in total. The summed E-state index contributed by atoms with van der Waals surface area (Å²) in [7, 11) is 0. The molecule has 0 radical (unpaired) electrons. The van der Waals surface area contributed by atoms with Crippen LogP contribution in [0, 0.1) is 5.41 Å². The average molecular weight is 217 g/mol. The van der Waals surface area contributed by atoms with E-state index in [1.165, 1.54) is 0 Å². The number of pyridine rings is 1. The van der Waals surface area contributed by atoms with Gasteiger partial charge < -0.3 is 14.7 Å². The Bertz CT molecular complexity index is 328. The molecule has 78 valence electrons. The topological polar surface area (TPSA) is 55.1 Å². The van der Waals surface area contributed by atoms with E-state index in [2.05, 4.69) is 0 Å². The van der Waals surface area contributed by atoms with Crippen molar-refractivity contribution in [2.24, 2.45) is 0 Å². The van der Waals surface area contributed by atoms with E-state index < -0.39 is 0 Å². The third kappa shape index (κ3) is 4.09. The summed E-state index contributed by atoms with van der Waals surface area (Å²) in [5.41, 5.74) is 0. The Morgan fingerprint density at radius 2 is 2.07 bits per heavy atom. The molecule has 0 saturated heterocycles. The fourth-order valence-corrected chi connectivity index (χ4v) is 0.918. The second kappa shape index (κ2) is 6.21. The second-order valence-corrected chi connectivity index (χ2v) is 2.56. The van der Waals surface area contributed by atoms with Crippen LogP contribution in [0.3, 0.4) is 0 Å². The van der Waals surface area contributed by atoms with Crippen molar-refractivity contribution < 1.29 is 9.53 Å². The smallest absolute Gasteiger partial charge is 0.325 e. The van der Waals surface area contributed by atoms with Gasteiger partial charge in [-0.05, 0) is 19.1 Å². The van der Waals surface area contributed by atoms with Gasteiger partial charge >= 0.3 is 5.97 Å². The summed E-state index contributed by atoms with van der Waals surface area (Å²) in [4.78, 5) is 11.0. The summed E-state index contributed by atoms with van der Waals surface area (Å²) in [6.45, 7) is 2.37. The fourth-order valence-electron chi connectivity index (χ4n) is 0.918. The SMILES string of the molecule is CCOC(=O)Cn1ccc(=N)cc1.Cl. The quantitative estimate of drug-likeness (QED) is 0.765. The number of hydrogen-bond acceptors (Lipinski definition) is 3. The maximum Gasteiger partial charge on any atom is 0.325 e. The van der Waals surface area contributed by atoms with Crippen molar-refractivity contribution in [1.29, 1.82) is 5.41 Å². The molecule has 14 heavy (non-hydrogen) atoms. The second-order valence-electron chi connectivity index (χ2n) is 2.56. The number of carbonyl (C=O) groups is 1. The van der Waals surface area contributed by atoms with Crippen LogP contribution in [0.2, 0.25) is 0 Å². The largest absolute Gasteiger partial charge is 0.465 e. The molecule has 0 fully saturated rings. The maximum atomic E-state index is 11.0. The van der Waals surface area contributed by atoms with Gasteiger partial charge in [0, 0.05) is 12.4 Å². The molecule has 1 heterocycles. The summed E-state index contributed by atoms with van der Waals surface area (Å²) in [5.74, 6) is -0.259. The average Bonchev–Trinajstić information content (AvgIpc) is 2.09. The zero-order valence-electron chi connectivity index (χ0n) is 7.90. The van der Waals surface area contributed by atoms with Crippen LogP contribution in [0.1, 0.15) is 6.92 Å². The predicted octanol–water partition coefficient (Wildman–Crippen LogP) is 0.952. The molecule has 0 aliphatic rings. The Morgan fingerprint density at radius 1 is 1.50 bits per heavy atom. The molecule has 0 bridgehead atoms. The van der Waals surface area contributed by atoms with Crippen molar-refractivity contribution in [3.05, 3.63) is 29.9 Å². The standard InChI is InChI=1S/C9H12N2O2.ClH/c1-2-13-9(12)7-11-5-3-8(10)4-6-11;/h3-6,10H,2,7H2,1H3;1H. The van der Waals surface area contributed by atoms with Gasteiger partial charge in [0.2, 0.25) is 0 Å². The third-order valence-corrected chi connectivity index (χ3v) is 1.51. The zero-order chi connectivity index (χ0) is 9.68. The molecule has 0 amide bonds. The molecule has 1 aromatic rings. The summed E-state index contributed by atoms with van der Waals surface area (Å²) < 4.78 is 6.45. The molecule has 0 atom stereocenters. The lowest BCUT2D eigenvalue weighted by Crippen LogP contribution is -2.14. The highest BCUT2D eigenvalue weighted by Crippen LogP contribution is 1.87. The minimum Gasteiger partial charge on any atom is -0.465 e. The molecule has 5 heteroatoms.